The van der Waals surface area contributed by atoms with Crippen molar-refractivity contribution in [1.82, 2.24) is 9.71 Å². The molecule has 0 aliphatic carbocycles. The molecule has 0 spiro atoms. The van der Waals surface area contributed by atoms with Gasteiger partial charge >= 0.3 is 0 Å². The van der Waals surface area contributed by atoms with Crippen molar-refractivity contribution < 1.29 is 13.5 Å². The van der Waals surface area contributed by atoms with Crippen LogP contribution in [0.4, 0.5) is 0 Å². The van der Waals surface area contributed by atoms with E-state index < -0.39 is 10.0 Å². The number of thiazole rings is 1. The Bertz CT molecular complexity index is 742. The highest BCUT2D eigenvalue weighted by atomic mass is 32.2. The number of aliphatic hydroxyl groups is 1. The Balaban J connectivity index is 2.16. The summed E-state index contributed by atoms with van der Waals surface area (Å²) in [6.07, 6.45) is 1.64. The van der Waals surface area contributed by atoms with Crippen LogP contribution in [0.2, 0.25) is 0 Å². The van der Waals surface area contributed by atoms with Gasteiger partial charge < -0.3 is 5.11 Å². The van der Waals surface area contributed by atoms with Crippen LogP contribution in [0, 0.1) is 11.8 Å². The molecular formula is C14H14N2O3S2. The van der Waals surface area contributed by atoms with E-state index in [9.17, 15) is 8.42 Å². The summed E-state index contributed by atoms with van der Waals surface area (Å²) in [6, 6.07) is 5.79. The Morgan fingerprint density at radius 2 is 2.10 bits per heavy atom. The van der Waals surface area contributed by atoms with Gasteiger partial charge in [0.15, 0.2) is 0 Å². The van der Waals surface area contributed by atoms with E-state index in [0.29, 0.717) is 10.6 Å². The largest absolute Gasteiger partial charge is 0.384 e. The lowest BCUT2D eigenvalue weighted by atomic mass is 10.2. The minimum Gasteiger partial charge on any atom is -0.384 e. The molecule has 21 heavy (non-hydrogen) atoms. The van der Waals surface area contributed by atoms with E-state index in [2.05, 4.69) is 21.5 Å². The quantitative estimate of drug-likeness (QED) is 0.837. The monoisotopic (exact) mass is 322 g/mol. The normalized spacial score (nSPS) is 12.5. The third-order valence-corrected chi connectivity index (χ3v) is 5.15. The van der Waals surface area contributed by atoms with Crippen molar-refractivity contribution in [2.45, 2.75) is 17.9 Å². The Morgan fingerprint density at radius 1 is 1.38 bits per heavy atom. The van der Waals surface area contributed by atoms with Crippen LogP contribution in [0.1, 0.15) is 23.5 Å². The summed E-state index contributed by atoms with van der Waals surface area (Å²) < 4.78 is 27.1. The molecule has 110 valence electrons. The van der Waals surface area contributed by atoms with E-state index in [4.69, 9.17) is 5.11 Å². The number of nitrogens with one attached hydrogen (secondary N) is 1. The molecule has 0 aliphatic rings. The van der Waals surface area contributed by atoms with Crippen molar-refractivity contribution >= 4 is 21.4 Å². The summed E-state index contributed by atoms with van der Waals surface area (Å²) in [4.78, 5) is 4.26. The zero-order valence-electron chi connectivity index (χ0n) is 11.3. The SMILES string of the molecule is CC(NS(=O)(=O)c1ccc(C#CCO)cc1)c1nccs1. The zero-order chi connectivity index (χ0) is 15.3. The first-order chi connectivity index (χ1) is 10.0. The number of aliphatic hydroxyl groups excluding tert-OH is 1. The predicted molar refractivity (Wildman–Crippen MR) is 81.3 cm³/mol. The first-order valence-corrected chi connectivity index (χ1v) is 8.51. The average Bonchev–Trinajstić information content (AvgIpc) is 2.99. The van der Waals surface area contributed by atoms with Gasteiger partial charge in [0.2, 0.25) is 10.0 Å². The van der Waals surface area contributed by atoms with Gasteiger partial charge in [0, 0.05) is 17.1 Å². The fraction of sp³-hybridized carbons (Fsp3) is 0.214. The van der Waals surface area contributed by atoms with Gasteiger partial charge in [-0.1, -0.05) is 11.8 Å². The van der Waals surface area contributed by atoms with Gasteiger partial charge in [-0.2, -0.15) is 0 Å². The van der Waals surface area contributed by atoms with Crippen LogP contribution in [0.3, 0.4) is 0 Å². The van der Waals surface area contributed by atoms with E-state index >= 15 is 0 Å². The van der Waals surface area contributed by atoms with Crippen LogP contribution in [0.5, 0.6) is 0 Å². The molecule has 0 bridgehead atoms. The maximum atomic E-state index is 12.3. The zero-order valence-corrected chi connectivity index (χ0v) is 12.9. The van der Waals surface area contributed by atoms with Gasteiger partial charge in [0.25, 0.3) is 0 Å². The summed E-state index contributed by atoms with van der Waals surface area (Å²) in [5.41, 5.74) is 0.649. The van der Waals surface area contributed by atoms with Crippen molar-refractivity contribution in [1.29, 1.82) is 0 Å². The summed E-state index contributed by atoms with van der Waals surface area (Å²) >= 11 is 1.40. The van der Waals surface area contributed by atoms with Crippen LogP contribution < -0.4 is 4.72 Å². The topological polar surface area (TPSA) is 79.3 Å². The molecule has 5 nitrogen and oxygen atoms in total. The first kappa shape index (κ1) is 15.7. The third-order valence-electron chi connectivity index (χ3n) is 2.63. The van der Waals surface area contributed by atoms with Gasteiger partial charge in [-0.3, -0.25) is 0 Å². The van der Waals surface area contributed by atoms with Crippen LogP contribution in [0.15, 0.2) is 40.7 Å². The summed E-state index contributed by atoms with van der Waals surface area (Å²) in [5.74, 6) is 5.22. The molecule has 0 amide bonds. The van der Waals surface area contributed by atoms with Gasteiger partial charge in [-0.15, -0.1) is 11.3 Å². The standard InChI is InChI=1S/C14H14N2O3S2/c1-11(14-15-8-10-20-14)16-21(18,19)13-6-4-12(5-7-13)3-2-9-17/h4-8,10-11,16-17H,9H2,1H3. The molecule has 1 aromatic heterocycles. The van der Waals surface area contributed by atoms with Gasteiger partial charge in [-0.25, -0.2) is 18.1 Å². The van der Waals surface area contributed by atoms with Crippen molar-refractivity contribution in [2.75, 3.05) is 6.61 Å². The smallest absolute Gasteiger partial charge is 0.241 e. The lowest BCUT2D eigenvalue weighted by Crippen LogP contribution is -2.26. The minimum absolute atomic E-state index is 0.167. The van der Waals surface area contributed by atoms with E-state index in [-0.39, 0.29) is 17.5 Å². The maximum absolute atomic E-state index is 12.3. The van der Waals surface area contributed by atoms with Gasteiger partial charge in [0.1, 0.15) is 11.6 Å². The maximum Gasteiger partial charge on any atom is 0.241 e. The number of nitrogens with zero attached hydrogens (tertiary/aromatic N) is 1. The fourth-order valence-corrected chi connectivity index (χ4v) is 3.59. The van der Waals surface area contributed by atoms with Gasteiger partial charge in [-0.05, 0) is 31.2 Å². The van der Waals surface area contributed by atoms with Crippen molar-refractivity contribution in [3.8, 4) is 11.8 Å². The highest BCUT2D eigenvalue weighted by molar-refractivity contribution is 7.89. The van der Waals surface area contributed by atoms with Crippen LogP contribution in [0.25, 0.3) is 0 Å². The van der Waals surface area contributed by atoms with Crippen molar-refractivity contribution in [3.05, 3.63) is 46.4 Å². The van der Waals surface area contributed by atoms with Crippen LogP contribution in [-0.4, -0.2) is 25.1 Å². The molecule has 0 aliphatic heterocycles. The molecule has 7 heteroatoms. The lowest BCUT2D eigenvalue weighted by Gasteiger charge is -2.11. The lowest BCUT2D eigenvalue weighted by molar-refractivity contribution is 0.350. The van der Waals surface area contributed by atoms with Crippen LogP contribution >= 0.6 is 11.3 Å². The van der Waals surface area contributed by atoms with Crippen LogP contribution in [-0.2, 0) is 10.0 Å². The number of hydrogen-bond acceptors (Lipinski definition) is 5. The fourth-order valence-electron chi connectivity index (χ4n) is 1.66. The van der Waals surface area contributed by atoms with E-state index in [1.54, 1.807) is 30.6 Å². The number of aromatic nitrogens is 1. The van der Waals surface area contributed by atoms with Crippen molar-refractivity contribution in [2.24, 2.45) is 0 Å². The molecule has 1 unspecified atom stereocenters. The predicted octanol–water partition coefficient (Wildman–Crippen LogP) is 1.53. The molecule has 2 aromatic rings. The second-order valence-corrected chi connectivity index (χ2v) is 6.84. The van der Waals surface area contributed by atoms with E-state index in [0.717, 1.165) is 0 Å². The Hall–Kier alpha value is -1.72. The second kappa shape index (κ2) is 6.83. The molecule has 0 fully saturated rings. The minimum atomic E-state index is -3.60. The third kappa shape index (κ3) is 4.12. The Kier molecular flexibility index (Phi) is 5.09. The Labute approximate surface area is 127 Å². The van der Waals surface area contributed by atoms with Gasteiger partial charge in [0.05, 0.1) is 10.9 Å². The molecular weight excluding hydrogens is 308 g/mol. The molecule has 0 saturated heterocycles. The molecule has 0 saturated carbocycles. The molecule has 1 heterocycles. The average molecular weight is 322 g/mol. The molecule has 1 atom stereocenters. The van der Waals surface area contributed by atoms with Crippen molar-refractivity contribution in [3.63, 3.8) is 0 Å². The van der Waals surface area contributed by atoms with E-state index in [1.165, 1.54) is 23.5 Å². The molecule has 1 aromatic carbocycles. The first-order valence-electron chi connectivity index (χ1n) is 6.14. The summed E-state index contributed by atoms with van der Waals surface area (Å²) in [6.45, 7) is 1.52. The summed E-state index contributed by atoms with van der Waals surface area (Å²) in [7, 11) is -3.60. The van der Waals surface area contributed by atoms with E-state index in [1.807, 2.05) is 0 Å². The molecule has 0 radical (unpaired) electrons. The molecule has 2 N–H and O–H groups in total. The highest BCUT2D eigenvalue weighted by Crippen LogP contribution is 2.18. The number of rotatable bonds is 4. The Morgan fingerprint density at radius 3 is 2.67 bits per heavy atom. The molecule has 2 rings (SSSR count). The highest BCUT2D eigenvalue weighted by Gasteiger charge is 2.19. The number of sulfonamides is 1. The summed E-state index contributed by atoms with van der Waals surface area (Å²) in [5, 5.41) is 11.1. The number of benzene rings is 1. The number of hydrogen-bond donors (Lipinski definition) is 2. The second-order valence-electron chi connectivity index (χ2n) is 4.20.